The fourth-order valence-electron chi connectivity index (χ4n) is 2.74. The molecule has 2 aromatic carbocycles. The van der Waals surface area contributed by atoms with Crippen LogP contribution in [0.2, 0.25) is 0 Å². The SMILES string of the molecule is COc1cc(-n2nnn(Cc3ccccc3)c2=O)ccc1-c1cn[nH]c1. The Kier molecular flexibility index (Phi) is 4.06. The lowest BCUT2D eigenvalue weighted by Crippen LogP contribution is -2.24. The van der Waals surface area contributed by atoms with E-state index in [1.165, 1.54) is 9.36 Å². The molecule has 26 heavy (non-hydrogen) atoms. The van der Waals surface area contributed by atoms with Crippen LogP contribution in [0.3, 0.4) is 0 Å². The number of nitrogens with zero attached hydrogens (tertiary/aromatic N) is 5. The smallest absolute Gasteiger partial charge is 0.368 e. The number of nitrogens with one attached hydrogen (secondary N) is 1. The van der Waals surface area contributed by atoms with Crippen molar-refractivity contribution in [1.29, 1.82) is 0 Å². The quantitative estimate of drug-likeness (QED) is 0.595. The highest BCUT2D eigenvalue weighted by Gasteiger charge is 2.13. The molecule has 0 amide bonds. The summed E-state index contributed by atoms with van der Waals surface area (Å²) in [5.74, 6) is 0.619. The zero-order chi connectivity index (χ0) is 17.9. The molecule has 0 radical (unpaired) electrons. The van der Waals surface area contributed by atoms with E-state index in [1.807, 2.05) is 36.4 Å². The molecule has 0 unspecified atom stereocenters. The topological polar surface area (TPSA) is 90.6 Å². The highest BCUT2D eigenvalue weighted by Crippen LogP contribution is 2.30. The third-order valence-corrected chi connectivity index (χ3v) is 4.05. The van der Waals surface area contributed by atoms with Crippen molar-refractivity contribution in [1.82, 2.24) is 30.0 Å². The molecule has 0 saturated heterocycles. The normalized spacial score (nSPS) is 10.8. The molecule has 2 aromatic heterocycles. The predicted octanol–water partition coefficient (Wildman–Crippen LogP) is 1.88. The summed E-state index contributed by atoms with van der Waals surface area (Å²) in [5.41, 5.74) is 3.02. The van der Waals surface area contributed by atoms with Gasteiger partial charge in [0.25, 0.3) is 0 Å². The number of aromatic nitrogens is 6. The van der Waals surface area contributed by atoms with E-state index < -0.39 is 0 Å². The molecule has 1 N–H and O–H groups in total. The highest BCUT2D eigenvalue weighted by atomic mass is 16.5. The molecular formula is C18H16N6O2. The summed E-state index contributed by atoms with van der Waals surface area (Å²) in [6.07, 6.45) is 3.49. The minimum Gasteiger partial charge on any atom is -0.496 e. The average Bonchev–Trinajstić information content (AvgIpc) is 3.33. The predicted molar refractivity (Wildman–Crippen MR) is 95.3 cm³/mol. The number of hydrogen-bond acceptors (Lipinski definition) is 5. The number of ether oxygens (including phenoxy) is 1. The van der Waals surface area contributed by atoms with Gasteiger partial charge in [-0.2, -0.15) is 14.5 Å². The van der Waals surface area contributed by atoms with Crippen LogP contribution in [0.25, 0.3) is 16.8 Å². The van der Waals surface area contributed by atoms with Crippen LogP contribution < -0.4 is 10.4 Å². The molecule has 0 aliphatic heterocycles. The van der Waals surface area contributed by atoms with E-state index in [2.05, 4.69) is 20.6 Å². The summed E-state index contributed by atoms with van der Waals surface area (Å²) in [4.78, 5) is 12.6. The van der Waals surface area contributed by atoms with Gasteiger partial charge in [0.2, 0.25) is 0 Å². The van der Waals surface area contributed by atoms with E-state index in [4.69, 9.17) is 4.74 Å². The zero-order valence-corrected chi connectivity index (χ0v) is 14.0. The van der Waals surface area contributed by atoms with Crippen LogP contribution in [0.15, 0.2) is 65.7 Å². The van der Waals surface area contributed by atoms with E-state index in [9.17, 15) is 4.79 Å². The van der Waals surface area contributed by atoms with Crippen LogP contribution in [0.4, 0.5) is 0 Å². The van der Waals surface area contributed by atoms with Crippen LogP contribution in [0, 0.1) is 0 Å². The maximum Gasteiger partial charge on any atom is 0.368 e. The maximum absolute atomic E-state index is 12.6. The first-order valence-corrected chi connectivity index (χ1v) is 8.00. The van der Waals surface area contributed by atoms with Crippen molar-refractivity contribution in [2.24, 2.45) is 0 Å². The zero-order valence-electron chi connectivity index (χ0n) is 14.0. The fourth-order valence-corrected chi connectivity index (χ4v) is 2.74. The number of methoxy groups -OCH3 is 1. The molecule has 0 saturated carbocycles. The van der Waals surface area contributed by atoms with Gasteiger partial charge in [0.05, 0.1) is 25.5 Å². The van der Waals surface area contributed by atoms with Crippen LogP contribution in [0.5, 0.6) is 5.75 Å². The van der Waals surface area contributed by atoms with E-state index in [0.717, 1.165) is 16.7 Å². The van der Waals surface area contributed by atoms with Gasteiger partial charge in [-0.3, -0.25) is 5.10 Å². The van der Waals surface area contributed by atoms with Gasteiger partial charge in [-0.25, -0.2) is 4.79 Å². The summed E-state index contributed by atoms with van der Waals surface area (Å²) < 4.78 is 8.04. The van der Waals surface area contributed by atoms with E-state index in [0.29, 0.717) is 18.0 Å². The van der Waals surface area contributed by atoms with Crippen molar-refractivity contribution >= 4 is 0 Å². The largest absolute Gasteiger partial charge is 0.496 e. The van der Waals surface area contributed by atoms with Gasteiger partial charge in [-0.1, -0.05) is 30.3 Å². The minimum atomic E-state index is -0.313. The van der Waals surface area contributed by atoms with Gasteiger partial charge in [-0.15, -0.1) is 0 Å². The summed E-state index contributed by atoms with van der Waals surface area (Å²) in [6.45, 7) is 0.365. The van der Waals surface area contributed by atoms with E-state index in [1.54, 1.807) is 31.6 Å². The Morgan fingerprint density at radius 3 is 2.69 bits per heavy atom. The van der Waals surface area contributed by atoms with Crippen molar-refractivity contribution in [2.75, 3.05) is 7.11 Å². The Balaban J connectivity index is 1.69. The van der Waals surface area contributed by atoms with Gasteiger partial charge in [0.15, 0.2) is 0 Å². The van der Waals surface area contributed by atoms with Crippen LogP contribution in [-0.4, -0.2) is 37.1 Å². The maximum atomic E-state index is 12.6. The van der Waals surface area contributed by atoms with Crippen LogP contribution in [0.1, 0.15) is 5.56 Å². The number of rotatable bonds is 5. The number of benzene rings is 2. The molecule has 0 atom stereocenters. The summed E-state index contributed by atoms with van der Waals surface area (Å²) in [7, 11) is 1.58. The molecule has 2 heterocycles. The first kappa shape index (κ1) is 15.8. The van der Waals surface area contributed by atoms with E-state index in [-0.39, 0.29) is 5.69 Å². The molecule has 8 heteroatoms. The number of aromatic amines is 1. The lowest BCUT2D eigenvalue weighted by molar-refractivity contribution is 0.416. The Labute approximate surface area is 148 Å². The third-order valence-electron chi connectivity index (χ3n) is 4.05. The van der Waals surface area contributed by atoms with Crippen molar-refractivity contribution in [3.8, 4) is 22.6 Å². The van der Waals surface area contributed by atoms with Crippen LogP contribution in [-0.2, 0) is 6.54 Å². The van der Waals surface area contributed by atoms with Crippen molar-refractivity contribution < 1.29 is 4.74 Å². The molecule has 0 aliphatic carbocycles. The number of hydrogen-bond donors (Lipinski definition) is 1. The monoisotopic (exact) mass is 348 g/mol. The molecule has 0 spiro atoms. The van der Waals surface area contributed by atoms with Crippen molar-refractivity contribution in [3.05, 3.63) is 77.0 Å². The second kappa shape index (κ2) is 6.67. The van der Waals surface area contributed by atoms with Gasteiger partial charge in [-0.05, 0) is 28.1 Å². The lowest BCUT2D eigenvalue weighted by atomic mass is 10.1. The van der Waals surface area contributed by atoms with E-state index >= 15 is 0 Å². The first-order valence-electron chi connectivity index (χ1n) is 8.00. The first-order chi connectivity index (χ1) is 12.8. The second-order valence-electron chi connectivity index (χ2n) is 5.69. The molecule has 130 valence electrons. The molecule has 0 aliphatic rings. The summed E-state index contributed by atoms with van der Waals surface area (Å²) >= 11 is 0. The number of tetrazole rings is 1. The molecule has 8 nitrogen and oxygen atoms in total. The lowest BCUT2D eigenvalue weighted by Gasteiger charge is -2.08. The highest BCUT2D eigenvalue weighted by molar-refractivity contribution is 5.70. The molecule has 4 rings (SSSR count). The molecule has 4 aromatic rings. The van der Waals surface area contributed by atoms with Gasteiger partial charge in [0.1, 0.15) is 5.75 Å². The standard InChI is InChI=1S/C18H16N6O2/c1-26-17-9-15(7-8-16(17)14-10-19-20-11-14)24-18(25)23(21-22-24)12-13-5-3-2-4-6-13/h2-11H,12H2,1H3,(H,19,20). The van der Waals surface area contributed by atoms with Crippen molar-refractivity contribution in [2.45, 2.75) is 6.54 Å². The van der Waals surface area contributed by atoms with Crippen LogP contribution >= 0.6 is 0 Å². The van der Waals surface area contributed by atoms with Gasteiger partial charge in [0, 0.05) is 23.4 Å². The molecule has 0 fully saturated rings. The van der Waals surface area contributed by atoms with Crippen molar-refractivity contribution in [3.63, 3.8) is 0 Å². The Morgan fingerprint density at radius 1 is 1.12 bits per heavy atom. The Hall–Kier alpha value is -3.68. The van der Waals surface area contributed by atoms with Gasteiger partial charge < -0.3 is 4.74 Å². The van der Waals surface area contributed by atoms with Gasteiger partial charge >= 0.3 is 5.69 Å². The fraction of sp³-hybridized carbons (Fsp3) is 0.111. The third kappa shape index (κ3) is 2.88. The minimum absolute atomic E-state index is 0.313. The Morgan fingerprint density at radius 2 is 1.96 bits per heavy atom. The number of H-pyrrole nitrogens is 1. The second-order valence-corrected chi connectivity index (χ2v) is 5.69. The molecule has 0 bridgehead atoms. The summed E-state index contributed by atoms with van der Waals surface area (Å²) in [5, 5.41) is 14.7. The Bertz CT molecular complexity index is 1070. The molecular weight excluding hydrogens is 332 g/mol. The summed E-state index contributed by atoms with van der Waals surface area (Å²) in [6, 6.07) is 15.1. The average molecular weight is 348 g/mol.